The third kappa shape index (κ3) is 3.51. The molecule has 0 radical (unpaired) electrons. The molecule has 0 saturated carbocycles. The molecule has 3 N–H and O–H groups in total. The fourth-order valence-electron chi connectivity index (χ4n) is 3.64. The number of thioether (sulfide) groups is 1. The minimum absolute atomic E-state index is 0.0319. The zero-order chi connectivity index (χ0) is 18.8. The highest BCUT2D eigenvalue weighted by Gasteiger charge is 2.47. The molecule has 0 aliphatic carbocycles. The number of carbonyl (C=O) groups excluding carboxylic acids is 1. The molecule has 136 valence electrons. The Bertz CT molecular complexity index is 912. The lowest BCUT2D eigenvalue weighted by atomic mass is 9.95. The third-order valence-electron chi connectivity index (χ3n) is 4.99. The second kappa shape index (κ2) is 7.59. The van der Waals surface area contributed by atoms with Crippen LogP contribution in [0.25, 0.3) is 0 Å². The minimum atomic E-state index is -0.196. The van der Waals surface area contributed by atoms with E-state index in [1.165, 1.54) is 5.56 Å². The predicted molar refractivity (Wildman–Crippen MR) is 112 cm³/mol. The molecular formula is C23H23N2OS+. The van der Waals surface area contributed by atoms with Crippen molar-refractivity contribution >= 4 is 23.2 Å². The number of benzene rings is 3. The first-order valence-electron chi connectivity index (χ1n) is 9.13. The van der Waals surface area contributed by atoms with E-state index in [1.54, 1.807) is 11.8 Å². The Morgan fingerprint density at radius 2 is 1.48 bits per heavy atom. The van der Waals surface area contributed by atoms with Crippen molar-refractivity contribution < 1.29 is 10.5 Å². The Morgan fingerprint density at radius 1 is 0.889 bits per heavy atom. The Morgan fingerprint density at radius 3 is 2.11 bits per heavy atom. The molecular weight excluding hydrogens is 352 g/mol. The molecule has 1 fully saturated rings. The molecule has 27 heavy (non-hydrogen) atoms. The summed E-state index contributed by atoms with van der Waals surface area (Å²) in [5.74, 6) is 0.165. The Balaban J connectivity index is 1.77. The van der Waals surface area contributed by atoms with Crippen LogP contribution in [-0.4, -0.2) is 16.5 Å². The molecule has 0 spiro atoms. The topological polar surface area (TPSA) is 48.0 Å². The Labute approximate surface area is 164 Å². The van der Waals surface area contributed by atoms with Crippen molar-refractivity contribution in [2.24, 2.45) is 0 Å². The number of nitrogens with zero attached hydrogens (tertiary/aromatic N) is 1. The smallest absolute Gasteiger partial charge is 0.210 e. The van der Waals surface area contributed by atoms with Crippen LogP contribution in [0.4, 0.5) is 5.69 Å². The number of hydrogen-bond donors (Lipinski definition) is 1. The van der Waals surface area contributed by atoms with Crippen LogP contribution in [0.2, 0.25) is 0 Å². The summed E-state index contributed by atoms with van der Waals surface area (Å²) < 4.78 is 0. The van der Waals surface area contributed by atoms with Crippen molar-refractivity contribution in [2.75, 3.05) is 4.90 Å². The molecule has 3 nitrogen and oxygen atoms in total. The van der Waals surface area contributed by atoms with Gasteiger partial charge in [-0.1, -0.05) is 90.1 Å². The first-order valence-corrected chi connectivity index (χ1v) is 10.1. The number of anilines is 1. The highest BCUT2D eigenvalue weighted by molar-refractivity contribution is 8.01. The second-order valence-corrected chi connectivity index (χ2v) is 8.16. The van der Waals surface area contributed by atoms with Gasteiger partial charge in [0.25, 0.3) is 0 Å². The number of Topliss-reactive ketones (excluding diaryl/α,β-unsaturated/α-hetero) is 1. The van der Waals surface area contributed by atoms with Crippen LogP contribution < -0.4 is 10.6 Å². The van der Waals surface area contributed by atoms with Gasteiger partial charge in [-0.2, -0.15) is 0 Å². The molecule has 4 rings (SSSR count). The largest absolute Gasteiger partial charge is 0.329 e. The molecule has 1 aliphatic rings. The van der Waals surface area contributed by atoms with E-state index in [9.17, 15) is 4.79 Å². The quantitative estimate of drug-likeness (QED) is 0.700. The predicted octanol–water partition coefficient (Wildman–Crippen LogP) is 4.07. The summed E-state index contributed by atoms with van der Waals surface area (Å²) in [6.45, 7) is 2.08. The van der Waals surface area contributed by atoms with E-state index in [0.717, 1.165) is 16.8 Å². The second-order valence-electron chi connectivity index (χ2n) is 6.84. The van der Waals surface area contributed by atoms with Crippen LogP contribution in [0.1, 0.15) is 27.5 Å². The number of quaternary nitrogens is 1. The standard InChI is InChI=1S/C23H22N2OS/c1-16-12-14-19(15-13-16)25-20(17-8-4-2-5-9-17)22(27-23(25)24)21(26)18-10-6-3-7-11-18/h2-15,20,22-23H,24H2,1H3/p+1/t20-,22+,23?/m0/s1. The number of carbonyl (C=O) groups is 1. The van der Waals surface area contributed by atoms with Gasteiger partial charge in [0, 0.05) is 11.3 Å². The van der Waals surface area contributed by atoms with Crippen molar-refractivity contribution in [1.29, 1.82) is 0 Å². The van der Waals surface area contributed by atoms with Crippen molar-refractivity contribution in [1.82, 2.24) is 0 Å². The summed E-state index contributed by atoms with van der Waals surface area (Å²) in [4.78, 5) is 15.6. The molecule has 4 heteroatoms. The maximum absolute atomic E-state index is 13.3. The molecule has 1 heterocycles. The van der Waals surface area contributed by atoms with Gasteiger partial charge in [0.15, 0.2) is 5.78 Å². The maximum Gasteiger partial charge on any atom is 0.210 e. The lowest BCUT2D eigenvalue weighted by Crippen LogP contribution is -2.65. The molecule has 0 bridgehead atoms. The van der Waals surface area contributed by atoms with E-state index in [4.69, 9.17) is 0 Å². The van der Waals surface area contributed by atoms with Crippen LogP contribution >= 0.6 is 11.8 Å². The van der Waals surface area contributed by atoms with Gasteiger partial charge in [0.2, 0.25) is 5.50 Å². The molecule has 1 saturated heterocycles. The summed E-state index contributed by atoms with van der Waals surface area (Å²) >= 11 is 1.64. The van der Waals surface area contributed by atoms with E-state index in [0.29, 0.717) is 0 Å². The minimum Gasteiger partial charge on any atom is -0.329 e. The zero-order valence-electron chi connectivity index (χ0n) is 15.3. The van der Waals surface area contributed by atoms with E-state index in [-0.39, 0.29) is 22.6 Å². The Hall–Kier alpha value is -2.56. The molecule has 3 aromatic carbocycles. The normalized spacial score (nSPS) is 22.0. The van der Waals surface area contributed by atoms with Gasteiger partial charge in [-0.05, 0) is 24.6 Å². The fourth-order valence-corrected chi connectivity index (χ4v) is 5.05. The summed E-state index contributed by atoms with van der Waals surface area (Å²) in [5, 5.41) is -0.196. The third-order valence-corrected chi connectivity index (χ3v) is 6.30. The van der Waals surface area contributed by atoms with Crippen molar-refractivity contribution in [3.05, 3.63) is 102 Å². The SMILES string of the molecule is Cc1ccc(N2C([NH3+])S[C@@H](C(=O)c3ccccc3)[C@@H]2c2ccccc2)cc1. The van der Waals surface area contributed by atoms with Crippen LogP contribution in [-0.2, 0) is 0 Å². The van der Waals surface area contributed by atoms with Gasteiger partial charge >= 0.3 is 0 Å². The maximum atomic E-state index is 13.3. The van der Waals surface area contributed by atoms with E-state index < -0.39 is 0 Å². The highest BCUT2D eigenvalue weighted by Crippen LogP contribution is 2.46. The zero-order valence-corrected chi connectivity index (χ0v) is 16.1. The average molecular weight is 376 g/mol. The number of hydrogen-bond acceptors (Lipinski definition) is 3. The molecule has 3 aromatic rings. The van der Waals surface area contributed by atoms with Gasteiger partial charge < -0.3 is 10.6 Å². The monoisotopic (exact) mass is 375 g/mol. The van der Waals surface area contributed by atoms with Gasteiger partial charge in [-0.15, -0.1) is 0 Å². The number of aryl methyl sites for hydroxylation is 1. The van der Waals surface area contributed by atoms with E-state index >= 15 is 0 Å². The van der Waals surface area contributed by atoms with Gasteiger partial charge in [0.05, 0.1) is 6.04 Å². The van der Waals surface area contributed by atoms with Crippen LogP contribution in [0.3, 0.4) is 0 Å². The first kappa shape index (κ1) is 17.8. The number of rotatable bonds is 4. The van der Waals surface area contributed by atoms with Gasteiger partial charge in [0.1, 0.15) is 5.25 Å². The molecule has 1 aliphatic heterocycles. The fraction of sp³-hybridized carbons (Fsp3) is 0.174. The summed E-state index contributed by atoms with van der Waals surface area (Å²) in [5.41, 5.74) is 8.55. The Kier molecular flexibility index (Phi) is 5.01. The molecule has 3 atom stereocenters. The first-order chi connectivity index (χ1) is 13.1. The summed E-state index contributed by atoms with van der Waals surface area (Å²) in [6, 6.07) is 28.3. The van der Waals surface area contributed by atoms with Crippen LogP contribution in [0, 0.1) is 6.92 Å². The average Bonchev–Trinajstić information content (AvgIpc) is 3.06. The van der Waals surface area contributed by atoms with Gasteiger partial charge in [-0.25, -0.2) is 0 Å². The summed E-state index contributed by atoms with van der Waals surface area (Å²) in [6.07, 6.45) is 0. The van der Waals surface area contributed by atoms with Crippen molar-refractivity contribution in [3.63, 3.8) is 0 Å². The van der Waals surface area contributed by atoms with Crippen LogP contribution in [0.5, 0.6) is 0 Å². The van der Waals surface area contributed by atoms with Gasteiger partial charge in [-0.3, -0.25) is 4.79 Å². The molecule has 1 unspecified atom stereocenters. The summed E-state index contributed by atoms with van der Waals surface area (Å²) in [7, 11) is 0. The van der Waals surface area contributed by atoms with Crippen molar-refractivity contribution in [2.45, 2.75) is 23.7 Å². The number of ketones is 1. The van der Waals surface area contributed by atoms with Crippen LogP contribution in [0.15, 0.2) is 84.9 Å². The van der Waals surface area contributed by atoms with E-state index in [1.807, 2.05) is 48.5 Å². The lowest BCUT2D eigenvalue weighted by molar-refractivity contribution is -0.384. The lowest BCUT2D eigenvalue weighted by Gasteiger charge is -2.29. The van der Waals surface area contributed by atoms with E-state index in [2.05, 4.69) is 54.0 Å². The molecule has 0 aromatic heterocycles. The van der Waals surface area contributed by atoms with Crippen molar-refractivity contribution in [3.8, 4) is 0 Å². The molecule has 0 amide bonds. The highest BCUT2D eigenvalue weighted by atomic mass is 32.2.